The average molecular weight is 209 g/mol. The Kier molecular flexibility index (Phi) is 2.14. The molecule has 0 aromatic rings. The molecule has 0 saturated carbocycles. The summed E-state index contributed by atoms with van der Waals surface area (Å²) in [5.41, 5.74) is 3.06. The summed E-state index contributed by atoms with van der Waals surface area (Å²) in [6.07, 6.45) is -0.403. The molecule has 0 aromatic heterocycles. The average Bonchev–Trinajstić information content (AvgIpc) is 2.28. The molecular formula is C5H5ClN2O5. The summed E-state index contributed by atoms with van der Waals surface area (Å²) in [4.78, 5) is 19.8. The molecule has 0 bridgehead atoms. The molecule has 72 valence electrons. The monoisotopic (exact) mass is 208 g/mol. The van der Waals surface area contributed by atoms with Crippen LogP contribution < -0.4 is 5.73 Å². The number of hydrogen-bond donors (Lipinski definition) is 2. The third kappa shape index (κ3) is 1.56. The molecular weight excluding hydrogens is 204 g/mol. The van der Waals surface area contributed by atoms with Crippen LogP contribution in [0.15, 0.2) is 10.9 Å². The van der Waals surface area contributed by atoms with Gasteiger partial charge < -0.3 is 9.84 Å². The van der Waals surface area contributed by atoms with Crippen molar-refractivity contribution in [1.29, 1.82) is 0 Å². The van der Waals surface area contributed by atoms with Crippen LogP contribution in [0.25, 0.3) is 0 Å². The first kappa shape index (κ1) is 9.75. The summed E-state index contributed by atoms with van der Waals surface area (Å²) in [5, 5.41) is 18.4. The van der Waals surface area contributed by atoms with Crippen molar-refractivity contribution in [2.75, 3.05) is 0 Å². The van der Waals surface area contributed by atoms with Gasteiger partial charge in [0.25, 0.3) is 5.72 Å². The van der Waals surface area contributed by atoms with Gasteiger partial charge >= 0.3 is 11.9 Å². The van der Waals surface area contributed by atoms with Gasteiger partial charge in [0.05, 0.1) is 6.42 Å². The second kappa shape index (κ2) is 2.86. The van der Waals surface area contributed by atoms with E-state index in [9.17, 15) is 14.9 Å². The van der Waals surface area contributed by atoms with Gasteiger partial charge in [-0.25, -0.2) is 4.79 Å². The molecule has 0 spiro atoms. The van der Waals surface area contributed by atoms with Gasteiger partial charge in [-0.15, -0.1) is 0 Å². The number of carbonyl (C=O) groups is 1. The van der Waals surface area contributed by atoms with Crippen LogP contribution in [0.5, 0.6) is 0 Å². The highest BCUT2D eigenvalue weighted by Crippen LogP contribution is 2.32. The third-order valence-electron chi connectivity index (χ3n) is 1.46. The summed E-state index contributed by atoms with van der Waals surface area (Å²) in [6, 6.07) is 0. The topological polar surface area (TPSA) is 116 Å². The quantitative estimate of drug-likeness (QED) is 0.481. The van der Waals surface area contributed by atoms with E-state index < -0.39 is 28.9 Å². The summed E-state index contributed by atoms with van der Waals surface area (Å²) >= 11 is 5.37. The predicted octanol–water partition coefficient (Wildman–Crippen LogP) is -0.169. The Labute approximate surface area is 76.9 Å². The van der Waals surface area contributed by atoms with E-state index in [0.717, 1.165) is 0 Å². The highest BCUT2D eigenvalue weighted by Gasteiger charge is 2.49. The van der Waals surface area contributed by atoms with Gasteiger partial charge in [0.2, 0.25) is 0 Å². The number of carboxylic acid groups (broad SMARTS) is 1. The predicted molar refractivity (Wildman–Crippen MR) is 40.1 cm³/mol. The summed E-state index contributed by atoms with van der Waals surface area (Å²) in [5.74, 6) is -2.30. The second-order valence-corrected chi connectivity index (χ2v) is 2.90. The minimum atomic E-state index is -2.11. The van der Waals surface area contributed by atoms with E-state index in [4.69, 9.17) is 22.4 Å². The van der Waals surface area contributed by atoms with Crippen LogP contribution in [0.1, 0.15) is 6.42 Å². The fraction of sp³-hybridized carbons (Fsp3) is 0.400. The van der Waals surface area contributed by atoms with E-state index in [1.54, 1.807) is 0 Å². The number of ether oxygens (including phenoxy) is 1. The smallest absolute Gasteiger partial charge is 0.445 e. The van der Waals surface area contributed by atoms with Crippen LogP contribution in [-0.2, 0) is 9.53 Å². The molecule has 1 heterocycles. The lowest BCUT2D eigenvalue weighted by atomic mass is 10.2. The van der Waals surface area contributed by atoms with E-state index in [0.29, 0.717) is 0 Å². The molecule has 1 unspecified atom stereocenters. The highest BCUT2D eigenvalue weighted by molar-refractivity contribution is 6.30. The minimum absolute atomic E-state index is 0.296. The first-order chi connectivity index (χ1) is 5.87. The van der Waals surface area contributed by atoms with Crippen molar-refractivity contribution in [2.24, 2.45) is 5.73 Å². The molecule has 1 rings (SSSR count). The molecule has 0 aliphatic carbocycles. The second-order valence-electron chi connectivity index (χ2n) is 2.44. The fourth-order valence-corrected chi connectivity index (χ4v) is 1.13. The number of nitro groups is 1. The Morgan fingerprint density at radius 3 is 2.62 bits per heavy atom. The van der Waals surface area contributed by atoms with Crippen molar-refractivity contribution < 1.29 is 19.6 Å². The number of aliphatic carboxylic acids is 1. The van der Waals surface area contributed by atoms with E-state index in [1.807, 2.05) is 0 Å². The van der Waals surface area contributed by atoms with Gasteiger partial charge in [0, 0.05) is 0 Å². The van der Waals surface area contributed by atoms with Gasteiger partial charge in [-0.2, -0.15) is 0 Å². The Bertz CT molecular complexity index is 314. The molecule has 3 N–H and O–H groups in total. The lowest BCUT2D eigenvalue weighted by Gasteiger charge is -2.15. The molecule has 8 heteroatoms. The van der Waals surface area contributed by atoms with E-state index >= 15 is 0 Å². The molecule has 0 saturated heterocycles. The molecule has 0 radical (unpaired) electrons. The fourth-order valence-electron chi connectivity index (χ4n) is 0.826. The summed E-state index contributed by atoms with van der Waals surface area (Å²) < 4.78 is 4.41. The molecule has 13 heavy (non-hydrogen) atoms. The van der Waals surface area contributed by atoms with Crippen LogP contribution in [0.4, 0.5) is 0 Å². The third-order valence-corrected chi connectivity index (χ3v) is 1.75. The van der Waals surface area contributed by atoms with Crippen molar-refractivity contribution >= 4 is 17.6 Å². The lowest BCUT2D eigenvalue weighted by molar-refractivity contribution is -0.466. The Hall–Kier alpha value is -1.34. The first-order valence-corrected chi connectivity index (χ1v) is 3.49. The van der Waals surface area contributed by atoms with Crippen LogP contribution in [0, 0.1) is 10.1 Å². The molecule has 0 amide bonds. The normalized spacial score (nSPS) is 27.2. The van der Waals surface area contributed by atoms with E-state index in [1.165, 1.54) is 0 Å². The van der Waals surface area contributed by atoms with Gasteiger partial charge in [0.1, 0.15) is 9.96 Å². The number of carboxylic acids is 1. The molecule has 1 aliphatic rings. The van der Waals surface area contributed by atoms with Gasteiger partial charge in [0.15, 0.2) is 0 Å². The Morgan fingerprint density at radius 2 is 2.38 bits per heavy atom. The Balaban J connectivity index is 2.91. The maximum absolute atomic E-state index is 10.5. The zero-order valence-corrected chi connectivity index (χ0v) is 6.95. The largest absolute Gasteiger partial charge is 0.477 e. The van der Waals surface area contributed by atoms with Gasteiger partial charge in [-0.1, -0.05) is 11.6 Å². The van der Waals surface area contributed by atoms with Crippen LogP contribution in [-0.4, -0.2) is 21.7 Å². The van der Waals surface area contributed by atoms with Crippen molar-refractivity contribution in [3.05, 3.63) is 21.0 Å². The van der Waals surface area contributed by atoms with E-state index in [-0.39, 0.29) is 5.03 Å². The summed E-state index contributed by atoms with van der Waals surface area (Å²) in [6.45, 7) is 0. The lowest BCUT2D eigenvalue weighted by Crippen LogP contribution is -2.48. The van der Waals surface area contributed by atoms with Crippen molar-refractivity contribution in [3.63, 3.8) is 0 Å². The van der Waals surface area contributed by atoms with Gasteiger partial charge in [-0.3, -0.25) is 15.8 Å². The van der Waals surface area contributed by atoms with Crippen LogP contribution in [0.2, 0.25) is 0 Å². The maximum Gasteiger partial charge on any atom is 0.445 e. The number of hydrogen-bond acceptors (Lipinski definition) is 5. The first-order valence-electron chi connectivity index (χ1n) is 3.11. The van der Waals surface area contributed by atoms with Crippen molar-refractivity contribution in [3.8, 4) is 0 Å². The van der Waals surface area contributed by atoms with E-state index in [2.05, 4.69) is 4.74 Å². The van der Waals surface area contributed by atoms with Crippen LogP contribution >= 0.6 is 11.6 Å². The zero-order valence-electron chi connectivity index (χ0n) is 6.19. The SMILES string of the molecule is NC1(C(=O)O)CC(Cl)=C([N+](=O)[O-])O1. The summed E-state index contributed by atoms with van der Waals surface area (Å²) in [7, 11) is 0. The molecule has 0 fully saturated rings. The zero-order chi connectivity index (χ0) is 10.2. The minimum Gasteiger partial charge on any atom is -0.477 e. The van der Waals surface area contributed by atoms with Crippen molar-refractivity contribution in [2.45, 2.75) is 12.1 Å². The number of nitrogens with zero attached hydrogens (tertiary/aromatic N) is 1. The maximum atomic E-state index is 10.5. The number of nitrogens with two attached hydrogens (primary N) is 1. The standard InChI is InChI=1S/C5H5ClN2O5/c6-2-1-5(7,4(9)10)13-3(2)8(11)12/h1,7H2,(H,9,10). The molecule has 7 nitrogen and oxygen atoms in total. The molecule has 1 atom stereocenters. The van der Waals surface area contributed by atoms with Gasteiger partial charge in [-0.05, 0) is 0 Å². The Morgan fingerprint density at radius 1 is 1.85 bits per heavy atom. The number of halogens is 1. The highest BCUT2D eigenvalue weighted by atomic mass is 35.5. The van der Waals surface area contributed by atoms with Crippen molar-refractivity contribution in [1.82, 2.24) is 0 Å². The number of rotatable bonds is 2. The molecule has 0 aromatic carbocycles. The van der Waals surface area contributed by atoms with Crippen LogP contribution in [0.3, 0.4) is 0 Å². The molecule has 1 aliphatic heterocycles.